The minimum absolute atomic E-state index is 0.558. The summed E-state index contributed by atoms with van der Waals surface area (Å²) in [6.45, 7) is 9.42. The Morgan fingerprint density at radius 1 is 0.640 bits per heavy atom. The maximum absolute atomic E-state index is 9.55. The van der Waals surface area contributed by atoms with E-state index in [1.807, 2.05) is 0 Å². The molecule has 0 aromatic rings. The predicted molar refractivity (Wildman–Crippen MR) is 110 cm³/mol. The van der Waals surface area contributed by atoms with E-state index >= 15 is 0 Å². The number of unbranched alkanes of at least 4 members (excludes halogenated alkanes) is 4. The van der Waals surface area contributed by atoms with Crippen molar-refractivity contribution in [1.82, 2.24) is 0 Å². The van der Waals surface area contributed by atoms with E-state index in [-0.39, 0.29) is 0 Å². The molecule has 0 radical (unpaired) electrons. The summed E-state index contributed by atoms with van der Waals surface area (Å²) in [6.07, 6.45) is 19.1. The van der Waals surface area contributed by atoms with Gasteiger partial charge in [0.15, 0.2) is 0 Å². The number of carboxylic acid groups (broad SMARTS) is 2. The summed E-state index contributed by atoms with van der Waals surface area (Å²) in [5, 5.41) is 15.6. The van der Waals surface area contributed by atoms with Gasteiger partial charge < -0.3 is 10.2 Å². The van der Waals surface area contributed by atoms with Crippen LogP contribution in [-0.2, 0) is 9.59 Å². The van der Waals surface area contributed by atoms with E-state index in [1.165, 1.54) is 51.4 Å². The second-order valence-corrected chi connectivity index (χ2v) is 11.1. The molecule has 0 fully saturated rings. The van der Waals surface area contributed by atoms with Crippen molar-refractivity contribution in [2.45, 2.75) is 79.1 Å². The van der Waals surface area contributed by atoms with E-state index in [9.17, 15) is 9.59 Å². The maximum atomic E-state index is 9.55. The molecule has 0 amide bonds. The van der Waals surface area contributed by atoms with Gasteiger partial charge in [0, 0.05) is 19.4 Å². The van der Waals surface area contributed by atoms with Crippen LogP contribution in [0.5, 0.6) is 0 Å². The fraction of sp³-hybridized carbons (Fsp3) is 0.800. The zero-order valence-electron chi connectivity index (χ0n) is 16.8. The van der Waals surface area contributed by atoms with Crippen molar-refractivity contribution in [3.8, 4) is 0 Å². The van der Waals surface area contributed by atoms with Gasteiger partial charge >= 0.3 is 11.9 Å². The third kappa shape index (κ3) is 17.7. The standard InChI is InChI=1S/C16H36P.C4H4O4/c1-5-9-13-17(14-10-6-2,15-11-7-3)16-12-8-4;5-3(6)1-2-4(7)8/h5-16H2,1-4H3;1-2H,(H,5,6)(H,7,8)/q+1;. The molecule has 0 unspecified atom stereocenters. The number of aliphatic carboxylic acids is 2. The summed E-state index contributed by atoms with van der Waals surface area (Å²) in [4.78, 5) is 19.1. The van der Waals surface area contributed by atoms with Crippen molar-refractivity contribution in [2.24, 2.45) is 0 Å². The van der Waals surface area contributed by atoms with Crippen molar-refractivity contribution in [2.75, 3.05) is 24.6 Å². The Bertz CT molecular complexity index is 313. The van der Waals surface area contributed by atoms with Crippen LogP contribution in [0.1, 0.15) is 79.1 Å². The summed E-state index contributed by atoms with van der Waals surface area (Å²) >= 11 is 0. The molecule has 5 heteroatoms. The smallest absolute Gasteiger partial charge is 0.328 e. The molecule has 4 nitrogen and oxygen atoms in total. The Balaban J connectivity index is 0. The van der Waals surface area contributed by atoms with Crippen molar-refractivity contribution in [3.05, 3.63) is 12.2 Å². The van der Waals surface area contributed by atoms with Crippen LogP contribution in [0.2, 0.25) is 0 Å². The second kappa shape index (κ2) is 17.9. The normalized spacial score (nSPS) is 11.2. The first-order chi connectivity index (χ1) is 11.9. The predicted octanol–water partition coefficient (Wildman–Crippen LogP) is 5.92. The molecule has 2 N–H and O–H groups in total. The molecule has 0 saturated carbocycles. The highest BCUT2D eigenvalue weighted by Gasteiger charge is 2.34. The van der Waals surface area contributed by atoms with Gasteiger partial charge in [-0.3, -0.25) is 0 Å². The fourth-order valence-electron chi connectivity index (χ4n) is 2.79. The molecule has 0 aliphatic heterocycles. The zero-order chi connectivity index (χ0) is 19.6. The number of carbonyl (C=O) groups is 2. The van der Waals surface area contributed by atoms with Crippen molar-refractivity contribution >= 4 is 19.2 Å². The van der Waals surface area contributed by atoms with E-state index in [0.29, 0.717) is 12.2 Å². The van der Waals surface area contributed by atoms with Gasteiger partial charge in [-0.15, -0.1) is 0 Å². The van der Waals surface area contributed by atoms with Crippen LogP contribution in [0.15, 0.2) is 12.2 Å². The molecule has 0 atom stereocenters. The average molecular weight is 376 g/mol. The minimum Gasteiger partial charge on any atom is -0.478 e. The van der Waals surface area contributed by atoms with Crippen LogP contribution in [0.4, 0.5) is 0 Å². The van der Waals surface area contributed by atoms with E-state index in [4.69, 9.17) is 10.2 Å². The Hall–Kier alpha value is -0.890. The van der Waals surface area contributed by atoms with Gasteiger partial charge in [-0.05, 0) is 25.7 Å². The summed E-state index contributed by atoms with van der Waals surface area (Å²) < 4.78 is 0. The molecule has 0 aliphatic rings. The lowest BCUT2D eigenvalue weighted by molar-refractivity contribution is -0.134. The lowest BCUT2D eigenvalue weighted by atomic mass is 10.4. The highest BCUT2D eigenvalue weighted by Crippen LogP contribution is 2.61. The van der Waals surface area contributed by atoms with Crippen LogP contribution in [0, 0.1) is 0 Å². The molecule has 0 aliphatic carbocycles. The highest BCUT2D eigenvalue weighted by atomic mass is 31.2. The van der Waals surface area contributed by atoms with Gasteiger partial charge in [0.2, 0.25) is 0 Å². The molecule has 0 bridgehead atoms. The van der Waals surface area contributed by atoms with Gasteiger partial charge in [-0.2, -0.15) is 0 Å². The SMILES string of the molecule is CCCC[P+](CCCC)(CCCC)CCCC.O=C(O)C=CC(=O)O. The van der Waals surface area contributed by atoms with E-state index in [2.05, 4.69) is 27.7 Å². The third-order valence-electron chi connectivity index (χ3n) is 4.31. The summed E-state index contributed by atoms with van der Waals surface area (Å²) in [5.41, 5.74) is 0. The Morgan fingerprint density at radius 2 is 0.880 bits per heavy atom. The van der Waals surface area contributed by atoms with Gasteiger partial charge in [0.05, 0.1) is 24.6 Å². The molecule has 0 spiro atoms. The van der Waals surface area contributed by atoms with Crippen LogP contribution >= 0.6 is 7.26 Å². The van der Waals surface area contributed by atoms with E-state index in [0.717, 1.165) is 0 Å². The molecule has 0 aromatic carbocycles. The topological polar surface area (TPSA) is 74.6 Å². The Kier molecular flexibility index (Phi) is 18.9. The lowest BCUT2D eigenvalue weighted by Crippen LogP contribution is -2.12. The minimum atomic E-state index is -1.26. The molecule has 0 saturated heterocycles. The van der Waals surface area contributed by atoms with E-state index < -0.39 is 19.2 Å². The van der Waals surface area contributed by atoms with Gasteiger partial charge in [-0.1, -0.05) is 53.4 Å². The van der Waals surface area contributed by atoms with Gasteiger partial charge in [0.1, 0.15) is 0 Å². The number of hydrogen-bond donors (Lipinski definition) is 2. The van der Waals surface area contributed by atoms with Crippen LogP contribution in [-0.4, -0.2) is 46.8 Å². The number of hydrogen-bond acceptors (Lipinski definition) is 2. The molecule has 0 aromatic heterocycles. The first-order valence-electron chi connectivity index (χ1n) is 9.86. The summed E-state index contributed by atoms with van der Waals surface area (Å²) in [6, 6.07) is 0. The lowest BCUT2D eigenvalue weighted by Gasteiger charge is -2.28. The van der Waals surface area contributed by atoms with Crippen LogP contribution in [0.3, 0.4) is 0 Å². The average Bonchev–Trinajstić information content (AvgIpc) is 2.59. The first kappa shape index (κ1) is 26.3. The fourth-order valence-corrected chi connectivity index (χ4v) is 8.08. The molecule has 0 rings (SSSR count). The Morgan fingerprint density at radius 3 is 1.04 bits per heavy atom. The van der Waals surface area contributed by atoms with Gasteiger partial charge in [-0.25, -0.2) is 9.59 Å². The third-order valence-corrected chi connectivity index (χ3v) is 9.37. The number of rotatable bonds is 14. The molecule has 148 valence electrons. The second-order valence-electron chi connectivity index (χ2n) is 6.66. The summed E-state index contributed by atoms with van der Waals surface area (Å²) in [7, 11) is -0.562. The molecular weight excluding hydrogens is 335 g/mol. The quantitative estimate of drug-likeness (QED) is 0.292. The van der Waals surface area contributed by atoms with E-state index in [1.54, 1.807) is 24.6 Å². The van der Waals surface area contributed by atoms with Crippen molar-refractivity contribution in [1.29, 1.82) is 0 Å². The monoisotopic (exact) mass is 375 g/mol. The van der Waals surface area contributed by atoms with Crippen LogP contribution < -0.4 is 0 Å². The molecule has 0 heterocycles. The van der Waals surface area contributed by atoms with Gasteiger partial charge in [0.25, 0.3) is 0 Å². The number of carboxylic acids is 2. The maximum Gasteiger partial charge on any atom is 0.328 e. The largest absolute Gasteiger partial charge is 0.478 e. The first-order valence-corrected chi connectivity index (χ1v) is 12.4. The zero-order valence-corrected chi connectivity index (χ0v) is 17.7. The Labute approximate surface area is 155 Å². The van der Waals surface area contributed by atoms with Crippen molar-refractivity contribution in [3.63, 3.8) is 0 Å². The van der Waals surface area contributed by atoms with Crippen LogP contribution in [0.25, 0.3) is 0 Å². The van der Waals surface area contributed by atoms with Crippen molar-refractivity contribution < 1.29 is 19.8 Å². The molecule has 25 heavy (non-hydrogen) atoms. The highest BCUT2D eigenvalue weighted by molar-refractivity contribution is 7.75. The molecular formula is C20H40O4P+. The summed E-state index contributed by atoms with van der Waals surface area (Å²) in [5.74, 6) is -2.51.